The SMILES string of the molecule is COc1nnc(CN2C[C@H]3CC[C@@H]2CN(c2ncccn2)C3)s1. The van der Waals surface area contributed by atoms with Gasteiger partial charge < -0.3 is 9.64 Å². The van der Waals surface area contributed by atoms with E-state index in [1.54, 1.807) is 7.11 Å². The highest BCUT2D eigenvalue weighted by atomic mass is 32.1. The number of anilines is 1. The highest BCUT2D eigenvalue weighted by Gasteiger charge is 2.35. The van der Waals surface area contributed by atoms with Gasteiger partial charge in [-0.05, 0) is 24.8 Å². The Hall–Kier alpha value is -1.80. The lowest BCUT2D eigenvalue weighted by molar-refractivity contribution is 0.126. The number of piperidine rings is 1. The van der Waals surface area contributed by atoms with E-state index in [0.29, 0.717) is 17.2 Å². The van der Waals surface area contributed by atoms with Crippen LogP contribution in [0.15, 0.2) is 18.5 Å². The molecule has 0 spiro atoms. The van der Waals surface area contributed by atoms with E-state index in [0.717, 1.165) is 37.1 Å². The maximum atomic E-state index is 5.15. The Morgan fingerprint density at radius 3 is 2.83 bits per heavy atom. The molecule has 3 aliphatic heterocycles. The van der Waals surface area contributed by atoms with Crippen molar-refractivity contribution in [2.75, 3.05) is 31.6 Å². The average Bonchev–Trinajstić information content (AvgIpc) is 2.85. The van der Waals surface area contributed by atoms with E-state index in [1.807, 2.05) is 18.5 Å². The third-order valence-electron chi connectivity index (χ3n) is 4.62. The van der Waals surface area contributed by atoms with Gasteiger partial charge >= 0.3 is 0 Å². The van der Waals surface area contributed by atoms with Crippen LogP contribution >= 0.6 is 11.3 Å². The van der Waals surface area contributed by atoms with Gasteiger partial charge in [-0.3, -0.25) is 4.90 Å². The summed E-state index contributed by atoms with van der Waals surface area (Å²) in [6.45, 7) is 3.98. The predicted molar refractivity (Wildman–Crippen MR) is 87.6 cm³/mol. The Bertz CT molecular complexity index is 650. The zero-order chi connectivity index (χ0) is 15.6. The molecule has 0 aliphatic carbocycles. The first-order valence-electron chi connectivity index (χ1n) is 7.94. The van der Waals surface area contributed by atoms with Gasteiger partial charge in [0.05, 0.1) is 13.7 Å². The smallest absolute Gasteiger partial charge is 0.293 e. The first-order chi connectivity index (χ1) is 11.3. The standard InChI is InChI=1S/C15H20N6OS/c1-22-15-19-18-13(23-15)10-20-7-11-3-4-12(20)9-21(8-11)14-16-5-2-6-17-14/h2,5-6,11-12H,3-4,7-10H2,1H3/t11-,12-/m1/s1. The van der Waals surface area contributed by atoms with Gasteiger partial charge in [-0.1, -0.05) is 11.3 Å². The van der Waals surface area contributed by atoms with Crippen molar-refractivity contribution in [2.45, 2.75) is 25.4 Å². The molecule has 5 rings (SSSR count). The quantitative estimate of drug-likeness (QED) is 0.839. The van der Waals surface area contributed by atoms with Crippen LogP contribution in [0.2, 0.25) is 0 Å². The van der Waals surface area contributed by atoms with Gasteiger partial charge in [0.15, 0.2) is 0 Å². The lowest BCUT2D eigenvalue weighted by Crippen LogP contribution is -2.43. The van der Waals surface area contributed by atoms with Crippen LogP contribution in [-0.4, -0.2) is 57.9 Å². The van der Waals surface area contributed by atoms with Crippen molar-refractivity contribution in [2.24, 2.45) is 5.92 Å². The van der Waals surface area contributed by atoms with Crippen molar-refractivity contribution in [1.29, 1.82) is 0 Å². The molecule has 2 aromatic rings. The Balaban J connectivity index is 1.49. The van der Waals surface area contributed by atoms with E-state index in [-0.39, 0.29) is 0 Å². The summed E-state index contributed by atoms with van der Waals surface area (Å²) in [6, 6.07) is 2.39. The van der Waals surface area contributed by atoms with E-state index >= 15 is 0 Å². The summed E-state index contributed by atoms with van der Waals surface area (Å²) >= 11 is 1.53. The summed E-state index contributed by atoms with van der Waals surface area (Å²) in [5.74, 6) is 1.51. The summed E-state index contributed by atoms with van der Waals surface area (Å²) in [7, 11) is 1.63. The lowest BCUT2D eigenvalue weighted by Gasteiger charge is -2.35. The fraction of sp³-hybridized carbons (Fsp3) is 0.600. The van der Waals surface area contributed by atoms with Crippen LogP contribution in [0.4, 0.5) is 5.95 Å². The molecule has 0 amide bonds. The van der Waals surface area contributed by atoms with Gasteiger partial charge in [-0.25, -0.2) is 9.97 Å². The number of hydrogen-bond acceptors (Lipinski definition) is 8. The molecule has 5 heterocycles. The normalized spacial score (nSPS) is 24.7. The second kappa shape index (κ2) is 6.37. The van der Waals surface area contributed by atoms with E-state index in [1.165, 1.54) is 24.2 Å². The molecule has 8 heteroatoms. The van der Waals surface area contributed by atoms with Crippen molar-refractivity contribution >= 4 is 17.3 Å². The molecule has 0 aromatic carbocycles. The molecular formula is C15H20N6OS. The molecule has 3 fully saturated rings. The Morgan fingerprint density at radius 1 is 1.17 bits per heavy atom. The van der Waals surface area contributed by atoms with Crippen molar-refractivity contribution in [3.05, 3.63) is 23.5 Å². The summed E-state index contributed by atoms with van der Waals surface area (Å²) in [5.41, 5.74) is 0. The lowest BCUT2D eigenvalue weighted by atomic mass is 9.95. The third-order valence-corrected chi connectivity index (χ3v) is 5.49. The molecule has 7 nitrogen and oxygen atoms in total. The van der Waals surface area contributed by atoms with Crippen LogP contribution in [0.1, 0.15) is 17.8 Å². The largest absolute Gasteiger partial charge is 0.472 e. The maximum Gasteiger partial charge on any atom is 0.293 e. The third kappa shape index (κ3) is 3.13. The van der Waals surface area contributed by atoms with Crippen molar-refractivity contribution in [3.8, 4) is 5.19 Å². The van der Waals surface area contributed by atoms with Crippen LogP contribution in [0.3, 0.4) is 0 Å². The van der Waals surface area contributed by atoms with E-state index in [9.17, 15) is 0 Å². The van der Waals surface area contributed by atoms with Crippen LogP contribution in [0.25, 0.3) is 0 Å². The molecule has 2 atom stereocenters. The van der Waals surface area contributed by atoms with Crippen LogP contribution in [0.5, 0.6) is 5.19 Å². The van der Waals surface area contributed by atoms with Gasteiger partial charge in [0, 0.05) is 38.1 Å². The molecule has 0 N–H and O–H groups in total. The second-order valence-corrected chi connectivity index (χ2v) is 7.17. The van der Waals surface area contributed by atoms with Crippen molar-refractivity contribution < 1.29 is 4.74 Å². The number of hydrogen-bond donors (Lipinski definition) is 0. The highest BCUT2D eigenvalue weighted by molar-refractivity contribution is 7.13. The summed E-state index contributed by atoms with van der Waals surface area (Å²) in [4.78, 5) is 13.7. The summed E-state index contributed by atoms with van der Waals surface area (Å²) in [6.07, 6.45) is 6.15. The van der Waals surface area contributed by atoms with Gasteiger partial charge in [-0.15, -0.1) is 10.2 Å². The number of fused-ring (bicyclic) bond motifs is 4. The molecule has 2 aromatic heterocycles. The Labute approximate surface area is 139 Å². The minimum atomic E-state index is 0.521. The first kappa shape index (κ1) is 14.8. The van der Waals surface area contributed by atoms with Gasteiger partial charge in [0.2, 0.25) is 5.95 Å². The van der Waals surface area contributed by atoms with Crippen LogP contribution in [-0.2, 0) is 6.54 Å². The Morgan fingerprint density at radius 2 is 2.04 bits per heavy atom. The molecule has 23 heavy (non-hydrogen) atoms. The van der Waals surface area contributed by atoms with Crippen LogP contribution < -0.4 is 9.64 Å². The minimum Gasteiger partial charge on any atom is -0.472 e. The number of nitrogens with zero attached hydrogens (tertiary/aromatic N) is 6. The number of methoxy groups -OCH3 is 1. The second-order valence-electron chi connectivity index (χ2n) is 6.15. The molecule has 0 radical (unpaired) electrons. The average molecular weight is 332 g/mol. The monoisotopic (exact) mass is 332 g/mol. The van der Waals surface area contributed by atoms with Gasteiger partial charge in [-0.2, -0.15) is 0 Å². The Kier molecular flexibility index (Phi) is 4.09. The van der Waals surface area contributed by atoms with Crippen molar-refractivity contribution in [3.63, 3.8) is 0 Å². The van der Waals surface area contributed by atoms with E-state index < -0.39 is 0 Å². The maximum absolute atomic E-state index is 5.15. The zero-order valence-electron chi connectivity index (χ0n) is 13.1. The molecule has 3 aliphatic rings. The summed E-state index contributed by atoms with van der Waals surface area (Å²) in [5, 5.41) is 9.94. The number of ether oxygens (including phenoxy) is 1. The fourth-order valence-corrected chi connectivity index (χ4v) is 4.23. The highest BCUT2D eigenvalue weighted by Crippen LogP contribution is 2.31. The topological polar surface area (TPSA) is 67.3 Å². The fourth-order valence-electron chi connectivity index (χ4n) is 3.55. The first-order valence-corrected chi connectivity index (χ1v) is 8.76. The van der Waals surface area contributed by atoms with Gasteiger partial charge in [0.1, 0.15) is 5.01 Å². The van der Waals surface area contributed by atoms with E-state index in [2.05, 4.69) is 30.0 Å². The summed E-state index contributed by atoms with van der Waals surface area (Å²) < 4.78 is 5.15. The van der Waals surface area contributed by atoms with Gasteiger partial charge in [0.25, 0.3) is 5.19 Å². The molecule has 122 valence electrons. The molecule has 0 saturated carbocycles. The molecule has 0 unspecified atom stereocenters. The molecular weight excluding hydrogens is 312 g/mol. The minimum absolute atomic E-state index is 0.521. The zero-order valence-corrected chi connectivity index (χ0v) is 13.9. The molecule has 2 bridgehead atoms. The van der Waals surface area contributed by atoms with Crippen LogP contribution in [0, 0.1) is 5.92 Å². The number of aromatic nitrogens is 4. The van der Waals surface area contributed by atoms with E-state index in [4.69, 9.17) is 4.74 Å². The van der Waals surface area contributed by atoms with Crippen molar-refractivity contribution in [1.82, 2.24) is 25.1 Å². The molecule has 3 saturated heterocycles. The number of rotatable bonds is 4. The predicted octanol–water partition coefficient (Wildman–Crippen LogP) is 1.44.